The van der Waals surface area contributed by atoms with Crippen LogP contribution in [0.4, 0.5) is 0 Å². The van der Waals surface area contributed by atoms with Crippen molar-refractivity contribution in [2.75, 3.05) is 0 Å². The average Bonchev–Trinajstić information content (AvgIpc) is 2.54. The maximum absolute atomic E-state index is 11.4. The zero-order valence-corrected chi connectivity index (χ0v) is 18.0. The molecule has 1 N–H and O–H groups in total. The summed E-state index contributed by atoms with van der Waals surface area (Å²) in [6.45, 7) is 8.66. The van der Waals surface area contributed by atoms with Gasteiger partial charge in [-0.25, -0.2) is 0 Å². The van der Waals surface area contributed by atoms with Crippen molar-refractivity contribution in [2.45, 2.75) is 109 Å². The Hall–Kier alpha value is -0.870. The van der Waals surface area contributed by atoms with E-state index in [9.17, 15) is 13.0 Å². The first kappa shape index (κ1) is 23.2. The lowest BCUT2D eigenvalue weighted by molar-refractivity contribution is 0.482. The third-order valence-electron chi connectivity index (χ3n) is 4.98. The van der Waals surface area contributed by atoms with E-state index in [2.05, 4.69) is 27.7 Å². The molecule has 0 bridgehead atoms. The van der Waals surface area contributed by atoms with E-state index in [-0.39, 0.29) is 10.3 Å². The monoisotopic (exact) mass is 382 g/mol. The van der Waals surface area contributed by atoms with Crippen molar-refractivity contribution in [2.24, 2.45) is 0 Å². The Labute approximate surface area is 161 Å². The molecule has 0 aliphatic carbocycles. The van der Waals surface area contributed by atoms with Crippen LogP contribution in [0.1, 0.15) is 103 Å². The van der Waals surface area contributed by atoms with E-state index in [1.807, 2.05) is 6.07 Å². The van der Waals surface area contributed by atoms with Gasteiger partial charge in [-0.05, 0) is 41.5 Å². The second-order valence-electron chi connectivity index (χ2n) is 8.48. The van der Waals surface area contributed by atoms with Gasteiger partial charge in [0.2, 0.25) is 0 Å². The standard InChI is InChI=1S/C22H38O3S/c1-5-6-7-8-9-10-11-12-13-14-15-19-18-20(26(23,24)25)16-17-21(19)22(2,3)4/h16-18H,5-15H2,1-4H3,(H,23,24,25). The van der Waals surface area contributed by atoms with Gasteiger partial charge in [0.25, 0.3) is 10.1 Å². The minimum absolute atomic E-state index is 0.00702. The summed E-state index contributed by atoms with van der Waals surface area (Å²) in [5.41, 5.74) is 2.18. The second kappa shape index (κ2) is 11.1. The summed E-state index contributed by atoms with van der Waals surface area (Å²) in [4.78, 5) is 0.00702. The maximum Gasteiger partial charge on any atom is 0.294 e. The molecule has 0 aliphatic rings. The van der Waals surface area contributed by atoms with Gasteiger partial charge in [-0.3, -0.25) is 4.55 Å². The van der Waals surface area contributed by atoms with Crippen molar-refractivity contribution in [1.82, 2.24) is 0 Å². The Morgan fingerprint density at radius 1 is 0.846 bits per heavy atom. The third-order valence-corrected chi connectivity index (χ3v) is 5.83. The van der Waals surface area contributed by atoms with Crippen molar-refractivity contribution in [3.63, 3.8) is 0 Å². The first-order valence-electron chi connectivity index (χ1n) is 10.3. The van der Waals surface area contributed by atoms with E-state index in [0.29, 0.717) is 0 Å². The van der Waals surface area contributed by atoms with E-state index in [1.165, 1.54) is 69.4 Å². The highest BCUT2D eigenvalue weighted by Crippen LogP contribution is 2.29. The normalized spacial score (nSPS) is 12.5. The molecule has 0 spiro atoms. The zero-order chi connectivity index (χ0) is 19.6. The molecule has 0 aromatic heterocycles. The van der Waals surface area contributed by atoms with Gasteiger partial charge in [-0.1, -0.05) is 91.5 Å². The molecule has 0 saturated carbocycles. The Morgan fingerprint density at radius 3 is 1.81 bits per heavy atom. The molecule has 0 atom stereocenters. The summed E-state index contributed by atoms with van der Waals surface area (Å²) in [6.07, 6.45) is 13.7. The van der Waals surface area contributed by atoms with Crippen molar-refractivity contribution in [3.8, 4) is 0 Å². The van der Waals surface area contributed by atoms with Gasteiger partial charge in [-0.2, -0.15) is 8.42 Å². The highest BCUT2D eigenvalue weighted by Gasteiger charge is 2.20. The Kier molecular flexibility index (Phi) is 9.88. The van der Waals surface area contributed by atoms with Crippen LogP contribution in [0.25, 0.3) is 0 Å². The predicted octanol–water partition coefficient (Wildman–Crippen LogP) is 6.69. The molecular weight excluding hydrogens is 344 g/mol. The fraction of sp³-hybridized carbons (Fsp3) is 0.727. The summed E-state index contributed by atoms with van der Waals surface area (Å²) in [6, 6.07) is 5.02. The van der Waals surface area contributed by atoms with Gasteiger partial charge < -0.3 is 0 Å². The molecule has 150 valence electrons. The summed E-state index contributed by atoms with van der Waals surface area (Å²) in [5, 5.41) is 0. The zero-order valence-electron chi connectivity index (χ0n) is 17.2. The Morgan fingerprint density at radius 2 is 1.35 bits per heavy atom. The average molecular weight is 383 g/mol. The number of rotatable bonds is 12. The summed E-state index contributed by atoms with van der Waals surface area (Å²) >= 11 is 0. The smallest absolute Gasteiger partial charge is 0.282 e. The first-order chi connectivity index (χ1) is 12.2. The SMILES string of the molecule is CCCCCCCCCCCCc1cc(S(=O)(=O)O)ccc1C(C)(C)C. The minimum Gasteiger partial charge on any atom is -0.282 e. The molecule has 0 aliphatic heterocycles. The molecule has 1 aromatic rings. The number of benzene rings is 1. The Bertz CT molecular complexity index is 627. The highest BCUT2D eigenvalue weighted by molar-refractivity contribution is 7.85. The van der Waals surface area contributed by atoms with Crippen molar-refractivity contribution < 1.29 is 13.0 Å². The second-order valence-corrected chi connectivity index (χ2v) is 9.90. The van der Waals surface area contributed by atoms with Crippen LogP contribution >= 0.6 is 0 Å². The molecule has 26 heavy (non-hydrogen) atoms. The van der Waals surface area contributed by atoms with E-state index in [0.717, 1.165) is 18.4 Å². The molecular formula is C22H38O3S. The van der Waals surface area contributed by atoms with Crippen LogP contribution in [0.3, 0.4) is 0 Å². The van der Waals surface area contributed by atoms with Crippen molar-refractivity contribution in [3.05, 3.63) is 29.3 Å². The van der Waals surface area contributed by atoms with E-state index < -0.39 is 10.1 Å². The highest BCUT2D eigenvalue weighted by atomic mass is 32.2. The van der Waals surface area contributed by atoms with Gasteiger partial charge in [-0.15, -0.1) is 0 Å². The van der Waals surface area contributed by atoms with Gasteiger partial charge in [0, 0.05) is 0 Å². The molecule has 1 rings (SSSR count). The summed E-state index contributed by atoms with van der Waals surface area (Å²) in [5.74, 6) is 0. The van der Waals surface area contributed by atoms with Crippen LogP contribution in [0.5, 0.6) is 0 Å². The number of hydrogen-bond donors (Lipinski definition) is 1. The quantitative estimate of drug-likeness (QED) is 0.323. The van der Waals surface area contributed by atoms with Crippen molar-refractivity contribution >= 4 is 10.1 Å². The van der Waals surface area contributed by atoms with Crippen LogP contribution in [0, 0.1) is 0 Å². The number of aryl methyl sites for hydroxylation is 1. The van der Waals surface area contributed by atoms with Crippen LogP contribution in [0.2, 0.25) is 0 Å². The molecule has 1 aromatic carbocycles. The lowest BCUT2D eigenvalue weighted by Gasteiger charge is -2.23. The lowest BCUT2D eigenvalue weighted by atomic mass is 9.82. The molecule has 0 saturated heterocycles. The van der Waals surface area contributed by atoms with Crippen LogP contribution in [0.15, 0.2) is 23.1 Å². The molecule has 3 nitrogen and oxygen atoms in total. The topological polar surface area (TPSA) is 54.4 Å². The molecule has 0 unspecified atom stereocenters. The largest absolute Gasteiger partial charge is 0.294 e. The van der Waals surface area contributed by atoms with E-state index in [1.54, 1.807) is 6.07 Å². The van der Waals surface area contributed by atoms with E-state index in [4.69, 9.17) is 0 Å². The predicted molar refractivity (Wildman–Crippen MR) is 111 cm³/mol. The molecule has 4 heteroatoms. The van der Waals surface area contributed by atoms with Crippen LogP contribution in [-0.4, -0.2) is 13.0 Å². The van der Waals surface area contributed by atoms with Gasteiger partial charge >= 0.3 is 0 Å². The van der Waals surface area contributed by atoms with Crippen LogP contribution < -0.4 is 0 Å². The maximum atomic E-state index is 11.4. The van der Waals surface area contributed by atoms with E-state index >= 15 is 0 Å². The van der Waals surface area contributed by atoms with Crippen LogP contribution in [-0.2, 0) is 22.0 Å². The summed E-state index contributed by atoms with van der Waals surface area (Å²) < 4.78 is 32.2. The fourth-order valence-corrected chi connectivity index (χ4v) is 4.00. The Balaban J connectivity index is 2.48. The van der Waals surface area contributed by atoms with Gasteiger partial charge in [0.05, 0.1) is 4.90 Å². The number of hydrogen-bond acceptors (Lipinski definition) is 2. The van der Waals surface area contributed by atoms with Crippen molar-refractivity contribution in [1.29, 1.82) is 0 Å². The summed E-state index contributed by atoms with van der Waals surface area (Å²) in [7, 11) is -4.14. The third kappa shape index (κ3) is 8.68. The number of unbranched alkanes of at least 4 members (excludes halogenated alkanes) is 9. The fourth-order valence-electron chi connectivity index (χ4n) is 3.47. The lowest BCUT2D eigenvalue weighted by Crippen LogP contribution is -2.15. The molecule has 0 heterocycles. The minimum atomic E-state index is -4.14. The first-order valence-corrected chi connectivity index (χ1v) is 11.7. The molecule has 0 amide bonds. The van der Waals surface area contributed by atoms with Gasteiger partial charge in [0.15, 0.2) is 0 Å². The van der Waals surface area contributed by atoms with Gasteiger partial charge in [0.1, 0.15) is 0 Å². The molecule has 0 radical (unpaired) electrons. The molecule has 0 fully saturated rings.